The second-order valence-corrected chi connectivity index (χ2v) is 8.66. The number of nitrogens with one attached hydrogen (secondary N) is 1. The number of benzene rings is 1. The SMILES string of the molecule is CCOC(=O)C1CCCCN1C(=O)c1cc(NC(C)=O)cc2nc(CC)n(Cc3cccnc3)c12. The van der Waals surface area contributed by atoms with Crippen molar-refractivity contribution < 1.29 is 19.1 Å². The van der Waals surface area contributed by atoms with Crippen LogP contribution in [0, 0.1) is 0 Å². The Morgan fingerprint density at radius 1 is 1.20 bits per heavy atom. The number of piperidine rings is 1. The summed E-state index contributed by atoms with van der Waals surface area (Å²) in [6.07, 6.45) is 6.40. The van der Waals surface area contributed by atoms with Crippen molar-refractivity contribution in [2.24, 2.45) is 0 Å². The second-order valence-electron chi connectivity index (χ2n) is 8.66. The van der Waals surface area contributed by atoms with Crippen molar-refractivity contribution in [3.63, 3.8) is 0 Å². The van der Waals surface area contributed by atoms with Gasteiger partial charge in [0.05, 0.1) is 29.7 Å². The number of carbonyl (C=O) groups is 3. The van der Waals surface area contributed by atoms with Crippen molar-refractivity contribution in [2.75, 3.05) is 18.5 Å². The third-order valence-electron chi connectivity index (χ3n) is 6.17. The van der Waals surface area contributed by atoms with Gasteiger partial charge in [-0.3, -0.25) is 14.6 Å². The van der Waals surface area contributed by atoms with Crippen molar-refractivity contribution in [1.82, 2.24) is 19.4 Å². The fraction of sp³-hybridized carbons (Fsp3) is 0.423. The largest absolute Gasteiger partial charge is 0.464 e. The number of likely N-dealkylation sites (tertiary alicyclic amines) is 1. The van der Waals surface area contributed by atoms with Crippen LogP contribution >= 0.6 is 0 Å². The molecule has 0 saturated carbocycles. The van der Waals surface area contributed by atoms with Gasteiger partial charge in [-0.15, -0.1) is 0 Å². The summed E-state index contributed by atoms with van der Waals surface area (Å²) in [6, 6.07) is 6.69. The van der Waals surface area contributed by atoms with Gasteiger partial charge in [-0.2, -0.15) is 0 Å². The number of aromatic nitrogens is 3. The average Bonchev–Trinajstić information content (AvgIpc) is 3.20. The van der Waals surface area contributed by atoms with Gasteiger partial charge < -0.3 is 19.5 Å². The molecule has 0 bridgehead atoms. The number of amides is 2. The summed E-state index contributed by atoms with van der Waals surface area (Å²) in [5.41, 5.74) is 3.17. The number of anilines is 1. The van der Waals surface area contributed by atoms with Gasteiger partial charge in [0.15, 0.2) is 0 Å². The molecule has 2 amide bonds. The monoisotopic (exact) mass is 477 g/mol. The molecule has 9 heteroatoms. The summed E-state index contributed by atoms with van der Waals surface area (Å²) in [6.45, 7) is 6.41. The van der Waals surface area contributed by atoms with Crippen molar-refractivity contribution >= 4 is 34.5 Å². The van der Waals surface area contributed by atoms with E-state index < -0.39 is 6.04 Å². The quantitative estimate of drug-likeness (QED) is 0.522. The zero-order chi connectivity index (χ0) is 24.9. The van der Waals surface area contributed by atoms with Gasteiger partial charge in [-0.25, -0.2) is 9.78 Å². The molecule has 0 spiro atoms. The highest BCUT2D eigenvalue weighted by Gasteiger charge is 2.35. The molecular formula is C26H31N5O4. The highest BCUT2D eigenvalue weighted by Crippen LogP contribution is 2.30. The summed E-state index contributed by atoms with van der Waals surface area (Å²) < 4.78 is 7.30. The number of nitrogens with zero attached hydrogens (tertiary/aromatic N) is 4. The molecule has 3 heterocycles. The van der Waals surface area contributed by atoms with Crippen LogP contribution in [0.15, 0.2) is 36.7 Å². The molecular weight excluding hydrogens is 446 g/mol. The van der Waals surface area contributed by atoms with E-state index in [4.69, 9.17) is 9.72 Å². The van der Waals surface area contributed by atoms with E-state index in [1.807, 2.05) is 23.6 Å². The maximum absolute atomic E-state index is 14.0. The second kappa shape index (κ2) is 10.7. The van der Waals surface area contributed by atoms with Gasteiger partial charge >= 0.3 is 5.97 Å². The predicted molar refractivity (Wildman–Crippen MR) is 132 cm³/mol. The molecule has 1 aliphatic rings. The Balaban J connectivity index is 1.86. The molecule has 35 heavy (non-hydrogen) atoms. The predicted octanol–water partition coefficient (Wildman–Crippen LogP) is 3.56. The minimum absolute atomic E-state index is 0.240. The highest BCUT2D eigenvalue weighted by molar-refractivity contribution is 6.08. The molecule has 1 aliphatic heterocycles. The molecule has 1 saturated heterocycles. The van der Waals surface area contributed by atoms with E-state index in [9.17, 15) is 14.4 Å². The van der Waals surface area contributed by atoms with Crippen LogP contribution in [0.5, 0.6) is 0 Å². The van der Waals surface area contributed by atoms with Crippen LogP contribution in [0.4, 0.5) is 5.69 Å². The first-order valence-electron chi connectivity index (χ1n) is 12.1. The minimum atomic E-state index is -0.629. The normalized spacial score (nSPS) is 15.7. The molecule has 1 unspecified atom stereocenters. The van der Waals surface area contributed by atoms with Crippen LogP contribution in [0.2, 0.25) is 0 Å². The van der Waals surface area contributed by atoms with Crippen LogP contribution in [0.1, 0.15) is 61.8 Å². The van der Waals surface area contributed by atoms with Crippen LogP contribution in [0.3, 0.4) is 0 Å². The fourth-order valence-corrected chi connectivity index (χ4v) is 4.68. The number of aryl methyl sites for hydroxylation is 1. The van der Waals surface area contributed by atoms with Gasteiger partial charge in [0, 0.05) is 38.0 Å². The number of hydrogen-bond donors (Lipinski definition) is 1. The number of esters is 1. The first-order chi connectivity index (χ1) is 16.9. The van der Waals surface area contributed by atoms with Gasteiger partial charge in [-0.1, -0.05) is 13.0 Å². The Kier molecular flexibility index (Phi) is 7.43. The fourth-order valence-electron chi connectivity index (χ4n) is 4.68. The summed E-state index contributed by atoms with van der Waals surface area (Å²) in [7, 11) is 0. The Morgan fingerprint density at radius 2 is 2.03 bits per heavy atom. The first-order valence-corrected chi connectivity index (χ1v) is 12.1. The zero-order valence-electron chi connectivity index (χ0n) is 20.4. The number of imidazole rings is 1. The molecule has 2 aromatic heterocycles. The molecule has 184 valence electrons. The van der Waals surface area contributed by atoms with Gasteiger partial charge in [0.2, 0.25) is 5.91 Å². The molecule has 3 aromatic rings. The lowest BCUT2D eigenvalue weighted by Crippen LogP contribution is -2.48. The van der Waals surface area contributed by atoms with Gasteiger partial charge in [0.25, 0.3) is 5.91 Å². The first kappa shape index (κ1) is 24.4. The van der Waals surface area contributed by atoms with Crippen LogP contribution in [0.25, 0.3) is 11.0 Å². The van der Waals surface area contributed by atoms with Crippen LogP contribution < -0.4 is 5.32 Å². The number of fused-ring (bicyclic) bond motifs is 1. The van der Waals surface area contributed by atoms with E-state index in [0.29, 0.717) is 48.2 Å². The standard InChI is InChI=1S/C26H31N5O4/c1-4-23-29-21-14-19(28-17(3)32)13-20(24(21)31(23)16-18-9-8-11-27-15-18)25(33)30-12-7-6-10-22(30)26(34)35-5-2/h8-9,11,13-15,22H,4-7,10,12,16H2,1-3H3,(H,28,32). The number of hydrogen-bond acceptors (Lipinski definition) is 6. The lowest BCUT2D eigenvalue weighted by atomic mass is 10.00. The van der Waals surface area contributed by atoms with E-state index in [0.717, 1.165) is 24.2 Å². The Hall–Kier alpha value is -3.75. The van der Waals surface area contributed by atoms with Gasteiger partial charge in [-0.05, 0) is 49.9 Å². The van der Waals surface area contributed by atoms with Gasteiger partial charge in [0.1, 0.15) is 11.9 Å². The maximum Gasteiger partial charge on any atom is 0.328 e. The molecule has 9 nitrogen and oxygen atoms in total. The van der Waals surface area contributed by atoms with Crippen molar-refractivity contribution in [1.29, 1.82) is 0 Å². The van der Waals surface area contributed by atoms with E-state index in [-0.39, 0.29) is 24.4 Å². The Morgan fingerprint density at radius 3 is 2.71 bits per heavy atom. The zero-order valence-corrected chi connectivity index (χ0v) is 20.4. The summed E-state index contributed by atoms with van der Waals surface area (Å²) in [5, 5.41) is 2.79. The molecule has 1 fully saturated rings. The number of ether oxygens (including phenoxy) is 1. The van der Waals surface area contributed by atoms with E-state index >= 15 is 0 Å². The third-order valence-corrected chi connectivity index (χ3v) is 6.17. The molecule has 0 aliphatic carbocycles. The highest BCUT2D eigenvalue weighted by atomic mass is 16.5. The minimum Gasteiger partial charge on any atom is -0.464 e. The smallest absolute Gasteiger partial charge is 0.328 e. The summed E-state index contributed by atoms with van der Waals surface area (Å²) in [4.78, 5) is 49.1. The van der Waals surface area contributed by atoms with Crippen LogP contribution in [-0.2, 0) is 27.3 Å². The third kappa shape index (κ3) is 5.18. The lowest BCUT2D eigenvalue weighted by Gasteiger charge is -2.34. The topological polar surface area (TPSA) is 106 Å². The van der Waals surface area contributed by atoms with E-state index in [1.165, 1.54) is 6.92 Å². The maximum atomic E-state index is 14.0. The molecule has 4 rings (SSSR count). The lowest BCUT2D eigenvalue weighted by molar-refractivity contribution is -0.149. The van der Waals surface area contributed by atoms with Crippen molar-refractivity contribution in [2.45, 2.75) is 59.0 Å². The molecule has 0 radical (unpaired) electrons. The molecule has 1 atom stereocenters. The van der Waals surface area contributed by atoms with Crippen LogP contribution in [-0.4, -0.2) is 56.4 Å². The average molecular weight is 478 g/mol. The number of rotatable bonds is 7. The molecule has 1 N–H and O–H groups in total. The van der Waals surface area contributed by atoms with Crippen molar-refractivity contribution in [3.05, 3.63) is 53.6 Å². The van der Waals surface area contributed by atoms with Crippen molar-refractivity contribution in [3.8, 4) is 0 Å². The number of pyridine rings is 1. The molecule has 1 aromatic carbocycles. The summed E-state index contributed by atoms with van der Waals surface area (Å²) >= 11 is 0. The number of carbonyl (C=O) groups excluding carboxylic acids is 3. The Labute approximate surface area is 204 Å². The summed E-state index contributed by atoms with van der Waals surface area (Å²) in [5.74, 6) is -0.0723. The van der Waals surface area contributed by atoms with E-state index in [2.05, 4.69) is 10.3 Å². The van der Waals surface area contributed by atoms with E-state index in [1.54, 1.807) is 36.4 Å². The Bertz CT molecular complexity index is 1240.